The van der Waals surface area contributed by atoms with Gasteiger partial charge in [0.25, 0.3) is 0 Å². The van der Waals surface area contributed by atoms with Crippen molar-refractivity contribution in [1.29, 1.82) is 0 Å². The standard InChI is InChI=1S/2C18H18N4.C15H15N10.2C3H5.5CH3.5W.5Y/c2*1-4-10-19-16(7-1)13-22(14-17-8-2-5-11-20-17)15-18-9-3-6-12-21-18;1-4-23-10-13(16-19-23)7-22(8-14-11-24(5-2)20-17-14)9-15-12-25(6-3)21-18-15;2*1-3-2;;;;;;;;;;;;;;;/h2*1-12H,13-15H2;10-12H,1-3,7-9H2;2*1H2,2H3;5*1H3;;;;;;;;;;/q;;-3;7*-1;;;;;;;;;;. The van der Waals surface area contributed by atoms with Gasteiger partial charge in [-0.25, -0.2) is 0 Å². The second-order valence-electron chi connectivity index (χ2n) is 16.0. The van der Waals surface area contributed by atoms with Crippen LogP contribution in [0.3, 0.4) is 0 Å². The number of hydrogen-bond acceptors (Lipinski definition) is 15. The maximum absolute atomic E-state index is 4.42. The molecule has 0 spiro atoms. The number of allylic oxidation sites excluding steroid dienone is 2. The van der Waals surface area contributed by atoms with Gasteiger partial charge < -0.3 is 63.3 Å². The summed E-state index contributed by atoms with van der Waals surface area (Å²) in [7, 11) is 0. The topological polar surface area (TPSA) is 179 Å². The van der Waals surface area contributed by atoms with E-state index in [0.717, 1.165) is 90.5 Å². The zero-order valence-corrected chi connectivity index (χ0v) is 81.3. The molecule has 0 amide bonds. The normalized spacial score (nSPS) is 8.59. The van der Waals surface area contributed by atoms with E-state index < -0.39 is 0 Å². The molecule has 9 aromatic rings. The van der Waals surface area contributed by atoms with E-state index >= 15 is 0 Å². The smallest absolute Gasteiger partial charge is 0.0544 e. The van der Waals surface area contributed by atoms with Gasteiger partial charge in [0.2, 0.25) is 0 Å². The molecule has 0 unspecified atom stereocenters. The molecular formula is C62H76N18W5Y5-10. The van der Waals surface area contributed by atoms with Crippen molar-refractivity contribution in [2.75, 3.05) is 0 Å². The molecule has 0 aliphatic rings. The zero-order chi connectivity index (χ0) is 53.1. The van der Waals surface area contributed by atoms with Crippen molar-refractivity contribution in [3.8, 4) is 0 Å². The van der Waals surface area contributed by atoms with Crippen LogP contribution < -0.4 is 0 Å². The molecule has 0 aliphatic carbocycles. The van der Waals surface area contributed by atoms with Crippen LogP contribution in [0, 0.1) is 67.9 Å². The molecule has 0 saturated carbocycles. The number of rotatable bonds is 21. The molecule has 0 atom stereocenters. The van der Waals surface area contributed by atoms with Crippen LogP contribution in [0.25, 0.3) is 0 Å². The zero-order valence-electron chi connectivity index (χ0n) is 52.5. The Hall–Kier alpha value is -0.139. The number of nitrogens with zero attached hydrogens (tertiary/aromatic N) is 18. The minimum Gasteiger partial charge on any atom is -0.507 e. The second kappa shape index (κ2) is 71.6. The molecule has 5 radical (unpaired) electrons. The minimum atomic E-state index is 0. The SMILES string of the molecule is C=[C-]C.C=[C-]C.C=[C-]n1cc(CN(Cc2cn([C-]=C)nn2)Cc2cn([C-]=C)nn2)nn1.[CH3-].[CH3-].[CH3-].[CH3-].[CH3-].[W].[W].[W].[W].[W].[Y].[Y].[Y].[Y].[Y].c1ccc(CN(Cc2ccccn2)Cc2ccccn2)nc1.c1ccc(CN(Cc2ccccn2)Cc2ccccn2)nc1. The van der Waals surface area contributed by atoms with E-state index in [9.17, 15) is 0 Å². The third kappa shape index (κ3) is 48.5. The molecule has 0 aliphatic heterocycles. The summed E-state index contributed by atoms with van der Waals surface area (Å²) in [6.07, 6.45) is 29.1. The molecule has 469 valence electrons. The van der Waals surface area contributed by atoms with Crippen molar-refractivity contribution in [2.24, 2.45) is 0 Å². The van der Waals surface area contributed by atoms with Crippen molar-refractivity contribution in [3.05, 3.63) is 317 Å². The molecule has 0 fully saturated rings. The fourth-order valence-electron chi connectivity index (χ4n) is 6.86. The molecule has 28 heteroatoms. The number of aromatic nitrogens is 15. The van der Waals surface area contributed by atoms with Crippen molar-refractivity contribution in [1.82, 2.24) is 89.6 Å². The van der Waals surface area contributed by atoms with Crippen LogP contribution in [0.15, 0.2) is 198 Å². The molecule has 9 aromatic heterocycles. The van der Waals surface area contributed by atoms with E-state index in [1.807, 2.05) is 146 Å². The second-order valence-corrected chi connectivity index (χ2v) is 16.0. The molecule has 0 N–H and O–H groups in total. The van der Waals surface area contributed by atoms with Crippen LogP contribution in [0.2, 0.25) is 0 Å². The Kier molecular flexibility index (Phi) is 90.8. The Balaban J connectivity index is -0.000000102. The molecule has 9 rings (SSSR count). The van der Waals surface area contributed by atoms with Crippen molar-refractivity contribution >= 4 is 0 Å². The van der Waals surface area contributed by atoms with Gasteiger partial charge in [0.05, 0.1) is 34.2 Å². The first-order valence-corrected chi connectivity index (χ1v) is 23.6. The molecule has 0 aromatic carbocycles. The fraction of sp³-hybridized carbons (Fsp3) is 0.177. The average Bonchev–Trinajstić information content (AvgIpc) is 2.36. The first-order chi connectivity index (χ1) is 36.8. The summed E-state index contributed by atoms with van der Waals surface area (Å²) in [4.78, 5) is 33.2. The predicted molar refractivity (Wildman–Crippen MR) is 318 cm³/mol. The Morgan fingerprint density at radius 3 is 0.578 bits per heavy atom. The quantitative estimate of drug-likeness (QED) is 0.0620. The average molecular weight is 2440 g/mol. The third-order valence-corrected chi connectivity index (χ3v) is 9.94. The van der Waals surface area contributed by atoms with Crippen LogP contribution in [-0.4, -0.2) is 89.6 Å². The third-order valence-electron chi connectivity index (χ3n) is 9.94. The van der Waals surface area contributed by atoms with E-state index in [4.69, 9.17) is 0 Å². The summed E-state index contributed by atoms with van der Waals surface area (Å²) in [6.45, 7) is 26.8. The fourth-order valence-corrected chi connectivity index (χ4v) is 6.86. The van der Waals surface area contributed by atoms with E-state index in [-0.39, 0.29) is 306 Å². The van der Waals surface area contributed by atoms with Gasteiger partial charge in [0.1, 0.15) is 0 Å². The van der Waals surface area contributed by atoms with Gasteiger partial charge in [-0.15, -0.1) is 15.6 Å². The van der Waals surface area contributed by atoms with Crippen molar-refractivity contribution in [2.45, 2.75) is 72.8 Å². The Labute approximate surface area is 736 Å². The molecule has 0 saturated heterocycles. The summed E-state index contributed by atoms with van der Waals surface area (Å²) >= 11 is 0. The molecule has 18 nitrogen and oxygen atoms in total. The molecule has 90 heavy (non-hydrogen) atoms. The Morgan fingerprint density at radius 1 is 0.300 bits per heavy atom. The summed E-state index contributed by atoms with van der Waals surface area (Å²) in [5.41, 5.74) is 8.60. The maximum Gasteiger partial charge on any atom is 0.0544 e. The van der Waals surface area contributed by atoms with Gasteiger partial charge >= 0.3 is 0 Å². The van der Waals surface area contributed by atoms with E-state index in [0.29, 0.717) is 19.6 Å². The van der Waals surface area contributed by atoms with Crippen LogP contribution in [0.1, 0.15) is 65.1 Å². The van der Waals surface area contributed by atoms with Crippen molar-refractivity contribution < 1.29 is 269 Å². The predicted octanol–water partition coefficient (Wildman–Crippen LogP) is 10.4. The van der Waals surface area contributed by atoms with Gasteiger partial charge in [-0.3, -0.25) is 57.8 Å². The van der Waals surface area contributed by atoms with E-state index in [2.05, 4.69) is 139 Å². The summed E-state index contributed by atoms with van der Waals surface area (Å²) < 4.78 is 4.29. The maximum atomic E-state index is 4.42. The van der Waals surface area contributed by atoms with E-state index in [1.165, 1.54) is 14.0 Å². The van der Waals surface area contributed by atoms with Gasteiger partial charge in [-0.05, 0) is 72.8 Å². The summed E-state index contributed by atoms with van der Waals surface area (Å²) in [5, 5.41) is 24.0. The van der Waals surface area contributed by atoms with Crippen LogP contribution >= 0.6 is 0 Å². The van der Waals surface area contributed by atoms with E-state index in [1.54, 1.807) is 32.4 Å². The summed E-state index contributed by atoms with van der Waals surface area (Å²) in [5.74, 6) is 0. The van der Waals surface area contributed by atoms with Crippen LogP contribution in [-0.2, 0) is 328 Å². The first-order valence-electron chi connectivity index (χ1n) is 23.6. The largest absolute Gasteiger partial charge is 0.507 e. The van der Waals surface area contributed by atoms with Crippen LogP contribution in [0.4, 0.5) is 0 Å². The van der Waals surface area contributed by atoms with Gasteiger partial charge in [-0.1, -0.05) is 55.0 Å². The summed E-state index contributed by atoms with van der Waals surface area (Å²) in [6, 6.07) is 36.0. The Bertz CT molecular complexity index is 2560. The van der Waals surface area contributed by atoms with Crippen LogP contribution in [0.5, 0.6) is 0 Å². The number of hydrogen-bond donors (Lipinski definition) is 0. The molecule has 0 bridgehead atoms. The molecular weight excluding hydrogens is 2360 g/mol. The molecule has 9 heterocycles. The van der Waals surface area contributed by atoms with Gasteiger partial charge in [0.15, 0.2) is 0 Å². The van der Waals surface area contributed by atoms with Gasteiger partial charge in [0, 0.05) is 382 Å². The van der Waals surface area contributed by atoms with Crippen molar-refractivity contribution in [3.63, 3.8) is 0 Å². The Morgan fingerprint density at radius 2 is 0.456 bits per heavy atom. The number of pyridine rings is 6. The van der Waals surface area contributed by atoms with Gasteiger partial charge in [-0.2, -0.15) is 67.5 Å². The minimum absolute atomic E-state index is 0. The first kappa shape index (κ1) is 114. The monoisotopic (exact) mass is 2440 g/mol.